The zero-order valence-corrected chi connectivity index (χ0v) is 14.7. The van der Waals surface area contributed by atoms with E-state index in [1.807, 2.05) is 18.2 Å². The van der Waals surface area contributed by atoms with E-state index in [1.165, 1.54) is 12.0 Å². The molecule has 3 atom stereocenters. The van der Waals surface area contributed by atoms with Crippen molar-refractivity contribution in [1.29, 1.82) is 0 Å². The van der Waals surface area contributed by atoms with Gasteiger partial charge in [-0.1, -0.05) is 29.8 Å². The quantitative estimate of drug-likeness (QED) is 0.786. The van der Waals surface area contributed by atoms with Gasteiger partial charge in [0.2, 0.25) is 0 Å². The van der Waals surface area contributed by atoms with Crippen molar-refractivity contribution in [2.45, 2.75) is 50.1 Å². The Morgan fingerprint density at radius 2 is 1.75 bits per heavy atom. The second-order valence-corrected chi connectivity index (χ2v) is 8.10. The molecule has 2 aliphatic carbocycles. The minimum atomic E-state index is 0.00650. The highest BCUT2D eigenvalue weighted by Gasteiger charge is 2.35. The summed E-state index contributed by atoms with van der Waals surface area (Å²) in [5, 5.41) is 10.6. The lowest BCUT2D eigenvalue weighted by Crippen LogP contribution is -2.51. The van der Waals surface area contributed by atoms with E-state index in [0.29, 0.717) is 12.0 Å². The lowest BCUT2D eigenvalue weighted by atomic mass is 9.76. The van der Waals surface area contributed by atoms with Gasteiger partial charge in [-0.2, -0.15) is 0 Å². The van der Waals surface area contributed by atoms with E-state index < -0.39 is 0 Å². The zero-order chi connectivity index (χ0) is 16.5. The summed E-state index contributed by atoms with van der Waals surface area (Å²) >= 11 is 6.25. The molecule has 1 aliphatic heterocycles. The average molecular weight is 348 g/mol. The van der Waals surface area contributed by atoms with Gasteiger partial charge in [0.05, 0.1) is 0 Å². The Morgan fingerprint density at radius 1 is 1.00 bits per heavy atom. The first kappa shape index (κ1) is 16.2. The van der Waals surface area contributed by atoms with Gasteiger partial charge in [-0.05, 0) is 74.6 Å². The van der Waals surface area contributed by atoms with Crippen LogP contribution in [0.25, 0.3) is 0 Å². The van der Waals surface area contributed by atoms with E-state index >= 15 is 0 Å². The number of carbonyl (C=O) groups is 1. The number of carbonyl (C=O) groups excluding carboxylic acids is 1. The van der Waals surface area contributed by atoms with E-state index in [0.717, 1.165) is 55.6 Å². The molecule has 3 fully saturated rings. The number of halogens is 1. The van der Waals surface area contributed by atoms with Crippen LogP contribution in [0.2, 0.25) is 5.02 Å². The van der Waals surface area contributed by atoms with Gasteiger partial charge in [-0.25, -0.2) is 4.79 Å². The molecule has 1 aromatic rings. The molecule has 0 radical (unpaired) electrons. The van der Waals surface area contributed by atoms with Crippen molar-refractivity contribution in [2.75, 3.05) is 13.1 Å². The van der Waals surface area contributed by atoms with Crippen LogP contribution in [0.4, 0.5) is 4.79 Å². The van der Waals surface area contributed by atoms with Gasteiger partial charge in [0.1, 0.15) is 0 Å². The molecular formula is C19H26ClN3O. The number of fused-ring (bicyclic) bond motifs is 1. The van der Waals surface area contributed by atoms with E-state index in [2.05, 4.69) is 22.0 Å². The number of hydrogen-bond donors (Lipinski definition) is 3. The van der Waals surface area contributed by atoms with Crippen LogP contribution in [0.3, 0.4) is 0 Å². The fraction of sp³-hybridized carbons (Fsp3) is 0.632. The standard InChI is InChI=1S/C19H26ClN3O/c20-18-4-2-1-3-17(18)13-7-16(8-13)23-19(24)22-15-6-5-12-10-21-11-14(12)9-15/h1-4,12-16,21H,5-11H2,(H2,22,23,24). The van der Waals surface area contributed by atoms with Crippen LogP contribution in [0.15, 0.2) is 24.3 Å². The molecule has 4 nitrogen and oxygen atoms in total. The smallest absolute Gasteiger partial charge is 0.315 e. The number of amides is 2. The normalized spacial score (nSPS) is 35.0. The van der Waals surface area contributed by atoms with Gasteiger partial charge in [-0.15, -0.1) is 0 Å². The second-order valence-electron chi connectivity index (χ2n) is 7.69. The Morgan fingerprint density at radius 3 is 2.58 bits per heavy atom. The monoisotopic (exact) mass is 347 g/mol. The molecule has 2 amide bonds. The van der Waals surface area contributed by atoms with Crippen molar-refractivity contribution in [3.63, 3.8) is 0 Å². The van der Waals surface area contributed by atoms with E-state index in [4.69, 9.17) is 11.6 Å². The summed E-state index contributed by atoms with van der Waals surface area (Å²) in [6.07, 6.45) is 5.44. The van der Waals surface area contributed by atoms with Crippen LogP contribution >= 0.6 is 11.6 Å². The third-order valence-electron chi connectivity index (χ3n) is 6.11. The number of rotatable bonds is 3. The lowest BCUT2D eigenvalue weighted by Gasteiger charge is -2.37. The summed E-state index contributed by atoms with van der Waals surface area (Å²) in [5.41, 5.74) is 1.21. The molecule has 5 heteroatoms. The Labute approximate surface area is 148 Å². The highest BCUT2D eigenvalue weighted by Crippen LogP contribution is 2.40. The number of hydrogen-bond acceptors (Lipinski definition) is 2. The van der Waals surface area contributed by atoms with Crippen LogP contribution in [0.1, 0.15) is 43.6 Å². The first-order chi connectivity index (χ1) is 11.7. The number of nitrogens with one attached hydrogen (secondary N) is 3. The fourth-order valence-electron chi connectivity index (χ4n) is 4.64. The highest BCUT2D eigenvalue weighted by atomic mass is 35.5. The van der Waals surface area contributed by atoms with Gasteiger partial charge in [-0.3, -0.25) is 0 Å². The first-order valence-electron chi connectivity index (χ1n) is 9.21. The van der Waals surface area contributed by atoms with E-state index in [1.54, 1.807) is 0 Å². The van der Waals surface area contributed by atoms with Gasteiger partial charge >= 0.3 is 6.03 Å². The summed E-state index contributed by atoms with van der Waals surface area (Å²) < 4.78 is 0. The third kappa shape index (κ3) is 3.40. The maximum atomic E-state index is 12.3. The minimum absolute atomic E-state index is 0.00650. The van der Waals surface area contributed by atoms with Crippen LogP contribution in [-0.2, 0) is 0 Å². The predicted octanol–water partition coefficient (Wildman–Crippen LogP) is 3.27. The molecule has 4 rings (SSSR count). The Hall–Kier alpha value is -1.26. The first-order valence-corrected chi connectivity index (χ1v) is 9.59. The molecule has 3 unspecified atom stereocenters. The SMILES string of the molecule is O=C(NC1CC(c2ccccc2Cl)C1)NC1CCC2CNCC2C1. The van der Waals surface area contributed by atoms with Crippen molar-refractivity contribution < 1.29 is 4.79 Å². The molecule has 1 saturated heterocycles. The molecular weight excluding hydrogens is 322 g/mol. The van der Waals surface area contributed by atoms with E-state index in [9.17, 15) is 4.79 Å². The Bertz CT molecular complexity index is 602. The van der Waals surface area contributed by atoms with Crippen LogP contribution in [0.5, 0.6) is 0 Å². The summed E-state index contributed by atoms with van der Waals surface area (Å²) in [6, 6.07) is 8.65. The summed E-state index contributed by atoms with van der Waals surface area (Å²) in [7, 11) is 0. The van der Waals surface area contributed by atoms with Gasteiger partial charge in [0.15, 0.2) is 0 Å². The third-order valence-corrected chi connectivity index (χ3v) is 6.45. The highest BCUT2D eigenvalue weighted by molar-refractivity contribution is 6.31. The maximum Gasteiger partial charge on any atom is 0.315 e. The predicted molar refractivity (Wildman–Crippen MR) is 96.4 cm³/mol. The summed E-state index contributed by atoms with van der Waals surface area (Å²) in [5.74, 6) is 2.05. The number of benzene rings is 1. The van der Waals surface area contributed by atoms with Crippen molar-refractivity contribution in [1.82, 2.24) is 16.0 Å². The number of urea groups is 1. The molecule has 3 aliphatic rings. The van der Waals surface area contributed by atoms with E-state index in [-0.39, 0.29) is 12.1 Å². The summed E-state index contributed by atoms with van der Waals surface area (Å²) in [4.78, 5) is 12.3. The lowest BCUT2D eigenvalue weighted by molar-refractivity contribution is 0.203. The topological polar surface area (TPSA) is 53.2 Å². The van der Waals surface area contributed by atoms with Crippen LogP contribution in [0, 0.1) is 11.8 Å². The van der Waals surface area contributed by atoms with Crippen LogP contribution < -0.4 is 16.0 Å². The average Bonchev–Trinajstić information content (AvgIpc) is 2.99. The second kappa shape index (κ2) is 6.93. The molecule has 0 aromatic heterocycles. The van der Waals surface area contributed by atoms with Crippen molar-refractivity contribution in [3.8, 4) is 0 Å². The Kier molecular flexibility index (Phi) is 4.68. The van der Waals surface area contributed by atoms with Crippen molar-refractivity contribution in [2.24, 2.45) is 11.8 Å². The Balaban J connectivity index is 1.21. The summed E-state index contributed by atoms with van der Waals surface area (Å²) in [6.45, 7) is 2.28. The van der Waals surface area contributed by atoms with Crippen molar-refractivity contribution >= 4 is 17.6 Å². The van der Waals surface area contributed by atoms with Crippen molar-refractivity contribution in [3.05, 3.63) is 34.9 Å². The van der Waals surface area contributed by atoms with Gasteiger partial charge < -0.3 is 16.0 Å². The van der Waals surface area contributed by atoms with Gasteiger partial charge in [0.25, 0.3) is 0 Å². The van der Waals surface area contributed by atoms with Gasteiger partial charge in [0, 0.05) is 17.1 Å². The largest absolute Gasteiger partial charge is 0.335 e. The molecule has 2 saturated carbocycles. The minimum Gasteiger partial charge on any atom is -0.335 e. The molecule has 0 bridgehead atoms. The molecule has 1 heterocycles. The molecule has 24 heavy (non-hydrogen) atoms. The maximum absolute atomic E-state index is 12.3. The fourth-order valence-corrected chi connectivity index (χ4v) is 4.93. The molecule has 3 N–H and O–H groups in total. The molecule has 1 aromatic carbocycles. The zero-order valence-electron chi connectivity index (χ0n) is 13.9. The molecule has 130 valence electrons. The molecule has 0 spiro atoms. The van der Waals surface area contributed by atoms with Crippen LogP contribution in [-0.4, -0.2) is 31.2 Å².